The maximum atomic E-state index is 13.7. The van der Waals surface area contributed by atoms with Crippen LogP contribution < -0.4 is 5.01 Å². The summed E-state index contributed by atoms with van der Waals surface area (Å²) >= 11 is 5.53. The van der Waals surface area contributed by atoms with Crippen LogP contribution in [0.5, 0.6) is 5.75 Å². The predicted octanol–water partition coefficient (Wildman–Crippen LogP) is 4.07. The summed E-state index contributed by atoms with van der Waals surface area (Å²) in [4.78, 5) is 0. The van der Waals surface area contributed by atoms with Gasteiger partial charge < -0.3 is 5.11 Å². The second-order valence-electron chi connectivity index (χ2n) is 4.26. The molecule has 0 radical (unpaired) electrons. The molecule has 1 unspecified atom stereocenters. The second-order valence-corrected chi connectivity index (χ2v) is 4.66. The highest BCUT2D eigenvalue weighted by molar-refractivity contribution is 6.32. The third-order valence-corrected chi connectivity index (χ3v) is 3.08. The van der Waals surface area contributed by atoms with Gasteiger partial charge in [0.2, 0.25) is 0 Å². The van der Waals surface area contributed by atoms with Crippen molar-refractivity contribution in [2.45, 2.75) is 13.1 Å². The first-order valence-electron chi connectivity index (χ1n) is 5.46. The van der Waals surface area contributed by atoms with Crippen molar-refractivity contribution in [3.05, 3.63) is 34.7 Å². The Morgan fingerprint density at radius 3 is 2.55 bits per heavy atom. The highest BCUT2D eigenvalue weighted by Gasteiger charge is 2.41. The lowest BCUT2D eigenvalue weighted by molar-refractivity contribution is -0.145. The van der Waals surface area contributed by atoms with E-state index in [1.165, 1.54) is 6.92 Å². The first kappa shape index (κ1) is 14.6. The molecule has 1 aromatic rings. The van der Waals surface area contributed by atoms with Crippen molar-refractivity contribution >= 4 is 23.5 Å². The van der Waals surface area contributed by atoms with Gasteiger partial charge in [-0.15, -0.1) is 0 Å². The molecule has 1 atom stereocenters. The molecule has 1 aliphatic rings. The van der Waals surface area contributed by atoms with E-state index in [4.69, 9.17) is 11.6 Å². The minimum atomic E-state index is -4.45. The topological polar surface area (TPSA) is 35.8 Å². The van der Waals surface area contributed by atoms with Crippen molar-refractivity contribution < 1.29 is 22.7 Å². The molecule has 0 bridgehead atoms. The summed E-state index contributed by atoms with van der Waals surface area (Å²) in [6, 6.07) is 1.85. The average molecular weight is 309 g/mol. The van der Waals surface area contributed by atoms with Crippen LogP contribution in [0.25, 0.3) is 0 Å². The lowest BCUT2D eigenvalue weighted by Gasteiger charge is -2.25. The highest BCUT2D eigenvalue weighted by atomic mass is 35.5. The van der Waals surface area contributed by atoms with Gasteiger partial charge in [-0.3, -0.25) is 0 Å². The Hall–Kier alpha value is -1.76. The van der Waals surface area contributed by atoms with Crippen LogP contribution in [-0.4, -0.2) is 17.5 Å². The molecular formula is C12H9ClF4N2O. The standard InChI is InChI=1S/C12H9ClF4N2O/c1-6-5-19(18-4-7(6)12(15,16)17)10-3-11(20)8(13)2-9(10)14/h2-5,7,20H,1H3. The fourth-order valence-electron chi connectivity index (χ4n) is 1.74. The van der Waals surface area contributed by atoms with E-state index in [2.05, 4.69) is 5.10 Å². The van der Waals surface area contributed by atoms with Gasteiger partial charge in [0.25, 0.3) is 0 Å². The number of hydrogen-bond donors (Lipinski definition) is 1. The van der Waals surface area contributed by atoms with Crippen LogP contribution in [0.2, 0.25) is 5.02 Å². The second kappa shape index (κ2) is 4.97. The lowest BCUT2D eigenvalue weighted by Crippen LogP contribution is -2.30. The monoisotopic (exact) mass is 308 g/mol. The molecule has 0 amide bonds. The zero-order chi connectivity index (χ0) is 15.1. The molecule has 0 aliphatic carbocycles. The number of nitrogens with zero attached hydrogens (tertiary/aromatic N) is 2. The zero-order valence-corrected chi connectivity index (χ0v) is 10.9. The van der Waals surface area contributed by atoms with Crippen molar-refractivity contribution in [2.75, 3.05) is 5.01 Å². The van der Waals surface area contributed by atoms with E-state index in [1.807, 2.05) is 0 Å². The average Bonchev–Trinajstić information content (AvgIpc) is 2.32. The quantitative estimate of drug-likeness (QED) is 0.794. The van der Waals surface area contributed by atoms with Gasteiger partial charge in [0.1, 0.15) is 17.4 Å². The van der Waals surface area contributed by atoms with E-state index < -0.39 is 17.9 Å². The Bertz CT molecular complexity index is 598. The van der Waals surface area contributed by atoms with Gasteiger partial charge in [0.05, 0.1) is 5.02 Å². The summed E-state index contributed by atoms with van der Waals surface area (Å²) in [6.07, 6.45) is -2.71. The number of phenols is 1. The number of rotatable bonds is 1. The van der Waals surface area contributed by atoms with E-state index in [-0.39, 0.29) is 22.0 Å². The van der Waals surface area contributed by atoms with Crippen LogP contribution in [-0.2, 0) is 0 Å². The van der Waals surface area contributed by atoms with Crippen molar-refractivity contribution in [2.24, 2.45) is 11.0 Å². The summed E-state index contributed by atoms with van der Waals surface area (Å²) in [5.74, 6) is -3.00. The Kier molecular flexibility index (Phi) is 3.64. The SMILES string of the molecule is CC1=CN(c2cc(O)c(Cl)cc2F)N=CC1C(F)(F)F. The number of hydrazone groups is 1. The van der Waals surface area contributed by atoms with E-state index in [0.717, 1.165) is 23.3 Å². The summed E-state index contributed by atoms with van der Waals surface area (Å²) in [7, 11) is 0. The maximum Gasteiger partial charge on any atom is 0.400 e. The molecule has 2 rings (SSSR count). The van der Waals surface area contributed by atoms with Gasteiger partial charge in [-0.05, 0) is 18.6 Å². The van der Waals surface area contributed by atoms with Crippen molar-refractivity contribution in [1.29, 1.82) is 0 Å². The van der Waals surface area contributed by atoms with E-state index in [1.54, 1.807) is 0 Å². The number of alkyl halides is 3. The molecule has 108 valence electrons. The minimum absolute atomic E-state index is 0.0404. The van der Waals surface area contributed by atoms with Crippen LogP contribution >= 0.6 is 11.6 Å². The molecule has 1 aliphatic heterocycles. The summed E-state index contributed by atoms with van der Waals surface area (Å²) < 4.78 is 51.6. The molecule has 1 aromatic carbocycles. The maximum absolute atomic E-state index is 13.7. The normalized spacial score (nSPS) is 19.2. The van der Waals surface area contributed by atoms with E-state index in [0.29, 0.717) is 6.21 Å². The number of allylic oxidation sites excluding steroid dienone is 1. The molecule has 0 spiro atoms. The molecule has 0 fully saturated rings. The highest BCUT2D eigenvalue weighted by Crippen LogP contribution is 2.36. The third kappa shape index (κ3) is 2.72. The molecule has 1 N–H and O–H groups in total. The van der Waals surface area contributed by atoms with Gasteiger partial charge in [-0.2, -0.15) is 18.3 Å². The number of benzene rings is 1. The first-order chi connectivity index (χ1) is 9.20. The van der Waals surface area contributed by atoms with E-state index in [9.17, 15) is 22.7 Å². The number of aromatic hydroxyl groups is 1. The molecule has 0 saturated heterocycles. The van der Waals surface area contributed by atoms with Crippen LogP contribution in [0.15, 0.2) is 29.0 Å². The van der Waals surface area contributed by atoms with Crippen molar-refractivity contribution in [3.63, 3.8) is 0 Å². The van der Waals surface area contributed by atoms with Gasteiger partial charge in [-0.1, -0.05) is 11.6 Å². The largest absolute Gasteiger partial charge is 0.506 e. The van der Waals surface area contributed by atoms with Crippen molar-refractivity contribution in [1.82, 2.24) is 0 Å². The van der Waals surface area contributed by atoms with Crippen LogP contribution in [0.4, 0.5) is 23.2 Å². The third-order valence-electron chi connectivity index (χ3n) is 2.77. The fourth-order valence-corrected chi connectivity index (χ4v) is 1.89. The van der Waals surface area contributed by atoms with Crippen LogP contribution in [0, 0.1) is 11.7 Å². The summed E-state index contributed by atoms with van der Waals surface area (Å²) in [5, 5.41) is 13.7. The molecule has 0 saturated carbocycles. The summed E-state index contributed by atoms with van der Waals surface area (Å²) in [5.41, 5.74) is -0.232. The molecule has 3 nitrogen and oxygen atoms in total. The van der Waals surface area contributed by atoms with Gasteiger partial charge in [0, 0.05) is 18.5 Å². The number of anilines is 1. The van der Waals surface area contributed by atoms with Gasteiger partial charge in [0.15, 0.2) is 5.82 Å². The zero-order valence-electron chi connectivity index (χ0n) is 10.1. The summed E-state index contributed by atoms with van der Waals surface area (Å²) in [6.45, 7) is 1.27. The van der Waals surface area contributed by atoms with Gasteiger partial charge >= 0.3 is 6.18 Å². The number of hydrogen-bond acceptors (Lipinski definition) is 3. The first-order valence-corrected chi connectivity index (χ1v) is 5.84. The Balaban J connectivity index is 2.36. The minimum Gasteiger partial charge on any atom is -0.506 e. The van der Waals surface area contributed by atoms with E-state index >= 15 is 0 Å². The molecule has 20 heavy (non-hydrogen) atoms. The molecule has 8 heteroatoms. The smallest absolute Gasteiger partial charge is 0.400 e. The lowest BCUT2D eigenvalue weighted by atomic mass is 10.0. The molecule has 0 aromatic heterocycles. The van der Waals surface area contributed by atoms with Crippen LogP contribution in [0.1, 0.15) is 6.92 Å². The predicted molar refractivity (Wildman–Crippen MR) is 67.3 cm³/mol. The fraction of sp³-hybridized carbons (Fsp3) is 0.250. The number of phenolic OH excluding ortho intramolecular Hbond substituents is 1. The molecule has 1 heterocycles. The Morgan fingerprint density at radius 1 is 1.35 bits per heavy atom. The van der Waals surface area contributed by atoms with Crippen molar-refractivity contribution in [3.8, 4) is 5.75 Å². The van der Waals surface area contributed by atoms with Gasteiger partial charge in [-0.25, -0.2) is 9.40 Å². The molecular weight excluding hydrogens is 300 g/mol. The Labute approximate surface area is 116 Å². The number of halogens is 5. The van der Waals surface area contributed by atoms with Crippen LogP contribution in [0.3, 0.4) is 0 Å². The Morgan fingerprint density at radius 2 is 2.00 bits per heavy atom.